The molecule has 0 amide bonds. The number of rotatable bonds is 5. The van der Waals surface area contributed by atoms with E-state index < -0.39 is 0 Å². The molecule has 2 aliphatic rings. The summed E-state index contributed by atoms with van der Waals surface area (Å²) in [6.07, 6.45) is 6.39. The number of aryl methyl sites for hydroxylation is 1. The molecule has 0 aliphatic heterocycles. The van der Waals surface area contributed by atoms with Gasteiger partial charge in [0.05, 0.1) is 22.7 Å². The van der Waals surface area contributed by atoms with Crippen LogP contribution in [0.5, 0.6) is 0 Å². The highest BCUT2D eigenvalue weighted by Gasteiger charge is 2.43. The highest BCUT2D eigenvalue weighted by molar-refractivity contribution is 7.99. The van der Waals surface area contributed by atoms with Gasteiger partial charge in [-0.3, -0.25) is 14.2 Å². The molecule has 3 aromatic carbocycles. The maximum atomic E-state index is 14.5. The van der Waals surface area contributed by atoms with E-state index in [1.165, 1.54) is 23.7 Å². The second-order valence-corrected chi connectivity index (χ2v) is 11.3. The van der Waals surface area contributed by atoms with Crippen LogP contribution in [0.15, 0.2) is 88.8 Å². The van der Waals surface area contributed by atoms with Crippen LogP contribution in [0.3, 0.4) is 0 Å². The predicted octanol–water partition coefficient (Wildman–Crippen LogP) is 6.94. The van der Waals surface area contributed by atoms with Crippen LogP contribution in [0.2, 0.25) is 0 Å². The normalized spacial score (nSPS) is 15.7. The molecule has 0 N–H and O–H groups in total. The zero-order chi connectivity index (χ0) is 25.4. The molecule has 0 radical (unpaired) electrons. The number of carbonyl (C=O) groups is 1. The molecule has 0 bridgehead atoms. The molecule has 1 fully saturated rings. The summed E-state index contributed by atoms with van der Waals surface area (Å²) in [4.78, 5) is 32.7. The second-order valence-electron chi connectivity index (χ2n) is 10.3. The van der Waals surface area contributed by atoms with Gasteiger partial charge in [0, 0.05) is 16.5 Å². The molecule has 4 aromatic rings. The Hall–Kier alpha value is -3.44. The number of hydrogen-bond donors (Lipinski definition) is 0. The van der Waals surface area contributed by atoms with Crippen molar-refractivity contribution >= 4 is 17.5 Å². The second kappa shape index (κ2) is 9.79. The van der Waals surface area contributed by atoms with Crippen molar-refractivity contribution in [2.75, 3.05) is 5.75 Å². The highest BCUT2D eigenvalue weighted by atomic mass is 32.2. The molecule has 5 heteroatoms. The number of nitrogens with zero attached hydrogens (tertiary/aromatic N) is 2. The van der Waals surface area contributed by atoms with Crippen LogP contribution >= 0.6 is 11.8 Å². The van der Waals surface area contributed by atoms with Gasteiger partial charge in [-0.1, -0.05) is 103 Å². The van der Waals surface area contributed by atoms with Crippen molar-refractivity contribution in [1.82, 2.24) is 9.55 Å². The molecular formula is C32H30N2O2S. The standard InChI is InChI=1S/C32H30N2O2S/c1-22-14-16-25(17-15-22)34-30(36)28-29(33-31(34)37-21-27(35)23-10-4-2-5-11-23)26-13-7-6-12-24(26)20-32(28)18-8-3-9-19-32/h2,4-7,10-17H,3,8-9,18-21H2,1H3. The third kappa shape index (κ3) is 4.36. The average molecular weight is 507 g/mol. The molecule has 6 rings (SSSR count). The van der Waals surface area contributed by atoms with Crippen molar-refractivity contribution in [3.63, 3.8) is 0 Å². The molecule has 0 unspecified atom stereocenters. The lowest BCUT2D eigenvalue weighted by Gasteiger charge is -2.42. The Morgan fingerprint density at radius 2 is 1.62 bits per heavy atom. The molecule has 2 aliphatic carbocycles. The number of fused-ring (bicyclic) bond motifs is 4. The van der Waals surface area contributed by atoms with Gasteiger partial charge >= 0.3 is 0 Å². The van der Waals surface area contributed by atoms with Gasteiger partial charge in [-0.15, -0.1) is 0 Å². The lowest BCUT2D eigenvalue weighted by atomic mass is 9.62. The summed E-state index contributed by atoms with van der Waals surface area (Å²) < 4.78 is 1.76. The Labute approximate surface area is 221 Å². The Morgan fingerprint density at radius 1 is 0.919 bits per heavy atom. The first-order valence-corrected chi connectivity index (χ1v) is 14.1. The summed E-state index contributed by atoms with van der Waals surface area (Å²) in [7, 11) is 0. The molecule has 0 saturated heterocycles. The van der Waals surface area contributed by atoms with Gasteiger partial charge in [-0.25, -0.2) is 4.98 Å². The van der Waals surface area contributed by atoms with E-state index in [4.69, 9.17) is 4.98 Å². The molecule has 4 nitrogen and oxygen atoms in total. The van der Waals surface area contributed by atoms with Crippen LogP contribution in [0.1, 0.15) is 59.2 Å². The van der Waals surface area contributed by atoms with E-state index in [-0.39, 0.29) is 22.5 Å². The third-order valence-corrected chi connectivity index (χ3v) is 8.85. The van der Waals surface area contributed by atoms with Crippen LogP contribution in [0, 0.1) is 6.92 Å². The van der Waals surface area contributed by atoms with E-state index in [0.717, 1.165) is 60.2 Å². The molecule has 1 saturated carbocycles. The predicted molar refractivity (Wildman–Crippen MR) is 150 cm³/mol. The van der Waals surface area contributed by atoms with Crippen molar-refractivity contribution in [3.8, 4) is 16.9 Å². The highest BCUT2D eigenvalue weighted by Crippen LogP contribution is 2.49. The smallest absolute Gasteiger partial charge is 0.263 e. The fourth-order valence-corrected chi connectivity index (χ4v) is 6.94. The number of hydrogen-bond acceptors (Lipinski definition) is 4. The van der Waals surface area contributed by atoms with Gasteiger partial charge < -0.3 is 0 Å². The first-order chi connectivity index (χ1) is 18.1. The zero-order valence-corrected chi connectivity index (χ0v) is 21.9. The molecule has 0 atom stereocenters. The molecule has 1 aromatic heterocycles. The van der Waals surface area contributed by atoms with E-state index >= 15 is 0 Å². The molecule has 1 spiro atoms. The van der Waals surface area contributed by atoms with E-state index in [9.17, 15) is 9.59 Å². The Balaban J connectivity index is 1.54. The van der Waals surface area contributed by atoms with Crippen molar-refractivity contribution in [2.24, 2.45) is 0 Å². The van der Waals surface area contributed by atoms with Crippen molar-refractivity contribution in [3.05, 3.63) is 111 Å². The fraction of sp³-hybridized carbons (Fsp3) is 0.281. The van der Waals surface area contributed by atoms with Crippen molar-refractivity contribution in [2.45, 2.75) is 56.0 Å². The molecule has 186 valence electrons. The minimum atomic E-state index is -0.179. The number of carbonyl (C=O) groups excluding carboxylic acids is 1. The van der Waals surface area contributed by atoms with Crippen LogP contribution in [-0.2, 0) is 11.8 Å². The molecule has 37 heavy (non-hydrogen) atoms. The third-order valence-electron chi connectivity index (χ3n) is 7.92. The lowest BCUT2D eigenvalue weighted by Crippen LogP contribution is -2.42. The van der Waals surface area contributed by atoms with E-state index in [0.29, 0.717) is 10.7 Å². The minimum absolute atomic E-state index is 0.0138. The lowest BCUT2D eigenvalue weighted by molar-refractivity contribution is 0.102. The maximum Gasteiger partial charge on any atom is 0.263 e. The van der Waals surface area contributed by atoms with Gasteiger partial charge in [0.1, 0.15) is 0 Å². The first kappa shape index (κ1) is 23.9. The summed E-state index contributed by atoms with van der Waals surface area (Å²) in [6.45, 7) is 2.04. The zero-order valence-electron chi connectivity index (χ0n) is 21.1. The minimum Gasteiger partial charge on any atom is -0.293 e. The van der Waals surface area contributed by atoms with Gasteiger partial charge in [0.25, 0.3) is 5.56 Å². The number of Topliss-reactive ketones (excluding diaryl/α,β-unsaturated/α-hetero) is 1. The van der Waals surface area contributed by atoms with Crippen molar-refractivity contribution < 1.29 is 4.79 Å². The number of aromatic nitrogens is 2. The Bertz CT molecular complexity index is 1520. The number of benzene rings is 3. The SMILES string of the molecule is Cc1ccc(-n2c(SCC(=O)c3ccccc3)nc3c(c2=O)C2(CCCCC2)Cc2ccccc2-3)cc1. The first-order valence-electron chi connectivity index (χ1n) is 13.1. The van der Waals surface area contributed by atoms with Gasteiger partial charge in [-0.05, 0) is 43.9 Å². The van der Waals surface area contributed by atoms with Crippen LogP contribution in [0.4, 0.5) is 0 Å². The van der Waals surface area contributed by atoms with E-state index in [1.54, 1.807) is 4.57 Å². The number of thioether (sulfide) groups is 1. The fourth-order valence-electron chi connectivity index (χ4n) is 6.04. The van der Waals surface area contributed by atoms with Crippen LogP contribution in [0.25, 0.3) is 16.9 Å². The average Bonchev–Trinajstić information content (AvgIpc) is 2.93. The largest absolute Gasteiger partial charge is 0.293 e. The summed E-state index contributed by atoms with van der Waals surface area (Å²) in [5.41, 5.74) is 6.44. The molecule has 1 heterocycles. The molecular weight excluding hydrogens is 476 g/mol. The van der Waals surface area contributed by atoms with Crippen molar-refractivity contribution in [1.29, 1.82) is 0 Å². The van der Waals surface area contributed by atoms with Gasteiger partial charge in [0.15, 0.2) is 10.9 Å². The van der Waals surface area contributed by atoms with Gasteiger partial charge in [0.2, 0.25) is 0 Å². The van der Waals surface area contributed by atoms with Crippen LogP contribution in [-0.4, -0.2) is 21.1 Å². The topological polar surface area (TPSA) is 52.0 Å². The summed E-state index contributed by atoms with van der Waals surface area (Å²) in [5.74, 6) is 0.241. The summed E-state index contributed by atoms with van der Waals surface area (Å²) in [6, 6.07) is 25.7. The van der Waals surface area contributed by atoms with E-state index in [2.05, 4.69) is 18.2 Å². The number of ketones is 1. The maximum absolute atomic E-state index is 14.5. The Kier molecular flexibility index (Phi) is 6.33. The monoisotopic (exact) mass is 506 g/mol. The Morgan fingerprint density at radius 3 is 2.38 bits per heavy atom. The van der Waals surface area contributed by atoms with Crippen LogP contribution < -0.4 is 5.56 Å². The quantitative estimate of drug-likeness (QED) is 0.167. The summed E-state index contributed by atoms with van der Waals surface area (Å²) >= 11 is 1.35. The summed E-state index contributed by atoms with van der Waals surface area (Å²) in [5, 5.41) is 0.569. The van der Waals surface area contributed by atoms with E-state index in [1.807, 2.05) is 67.6 Å². The van der Waals surface area contributed by atoms with Gasteiger partial charge in [-0.2, -0.15) is 0 Å².